The Hall–Kier alpha value is -3.14. The second kappa shape index (κ2) is 11.3. The lowest BCUT2D eigenvalue weighted by Crippen LogP contribution is -2.16. The minimum atomic E-state index is -4.59. The first-order chi connectivity index (χ1) is 15.8. The number of aromatic nitrogens is 2. The van der Waals surface area contributed by atoms with Gasteiger partial charge < -0.3 is 20.6 Å². The second-order valence-electron chi connectivity index (χ2n) is 8.73. The number of methoxy groups -OCH3 is 1. The van der Waals surface area contributed by atoms with E-state index in [4.69, 9.17) is 20.6 Å². The van der Waals surface area contributed by atoms with Gasteiger partial charge in [-0.05, 0) is 55.0 Å². The maximum Gasteiger partial charge on any atom is 0.433 e. The molecule has 186 valence electrons. The Morgan fingerprint density at radius 2 is 1.71 bits per heavy atom. The molecule has 10 heteroatoms. The summed E-state index contributed by atoms with van der Waals surface area (Å²) in [6, 6.07) is 5.42. The van der Waals surface area contributed by atoms with Gasteiger partial charge in [0.25, 0.3) is 5.91 Å². The first-order valence-electron chi connectivity index (χ1n) is 10.9. The number of alkyl halides is 3. The average Bonchev–Trinajstić information content (AvgIpc) is 3.21. The van der Waals surface area contributed by atoms with E-state index < -0.39 is 17.8 Å². The zero-order valence-corrected chi connectivity index (χ0v) is 19.9. The van der Waals surface area contributed by atoms with Crippen molar-refractivity contribution in [1.29, 1.82) is 0 Å². The monoisotopic (exact) mass is 480 g/mol. The molecule has 0 aliphatic heterocycles. The number of amides is 1. The zero-order valence-electron chi connectivity index (χ0n) is 19.9. The maximum atomic E-state index is 12.9. The van der Waals surface area contributed by atoms with Gasteiger partial charge in [0.2, 0.25) is 5.89 Å². The van der Waals surface area contributed by atoms with E-state index in [-0.39, 0.29) is 22.9 Å². The molecule has 0 atom stereocenters. The summed E-state index contributed by atoms with van der Waals surface area (Å²) in [5.74, 6) is 1.51. The molecular formula is C24H31F3N4O3. The predicted octanol–water partition coefficient (Wildman–Crippen LogP) is 5.42. The van der Waals surface area contributed by atoms with Crippen LogP contribution < -0.4 is 16.2 Å². The topological polar surface area (TPSA) is 117 Å². The van der Waals surface area contributed by atoms with Crippen LogP contribution in [-0.2, 0) is 6.18 Å². The van der Waals surface area contributed by atoms with E-state index in [1.54, 1.807) is 6.07 Å². The Labute approximate surface area is 196 Å². The third kappa shape index (κ3) is 7.18. The molecular weight excluding hydrogens is 449 g/mol. The number of fused-ring (bicyclic) bond motifs is 1. The van der Waals surface area contributed by atoms with Gasteiger partial charge >= 0.3 is 6.18 Å². The minimum Gasteiger partial charge on any atom is -0.494 e. The molecule has 0 radical (unpaired) electrons. The summed E-state index contributed by atoms with van der Waals surface area (Å²) in [6.07, 6.45) is -0.567. The Kier molecular flexibility index (Phi) is 9.03. The normalized spacial score (nSPS) is 17.2. The van der Waals surface area contributed by atoms with Gasteiger partial charge in [-0.2, -0.15) is 13.2 Å². The van der Waals surface area contributed by atoms with Crippen LogP contribution in [0.4, 0.5) is 13.2 Å². The Balaban J connectivity index is 0.000000340. The number of hydrogen-bond donors (Lipinski definition) is 2. The number of primary amides is 1. The molecule has 0 unspecified atom stereocenters. The molecule has 1 aliphatic carbocycles. The van der Waals surface area contributed by atoms with E-state index in [2.05, 4.69) is 23.8 Å². The van der Waals surface area contributed by atoms with E-state index >= 15 is 0 Å². The van der Waals surface area contributed by atoms with Crippen molar-refractivity contribution in [3.05, 3.63) is 41.9 Å². The lowest BCUT2D eigenvalue weighted by Gasteiger charge is -2.28. The molecule has 0 bridgehead atoms. The van der Waals surface area contributed by atoms with Gasteiger partial charge in [-0.3, -0.25) is 4.79 Å². The molecule has 2 aromatic heterocycles. The van der Waals surface area contributed by atoms with Crippen LogP contribution in [-0.4, -0.2) is 29.0 Å². The molecule has 3 aromatic rings. The Bertz CT molecular complexity index is 1100. The predicted molar refractivity (Wildman–Crippen MR) is 124 cm³/mol. The van der Waals surface area contributed by atoms with E-state index in [9.17, 15) is 18.0 Å². The first kappa shape index (κ1) is 27.1. The molecule has 1 amide bonds. The summed E-state index contributed by atoms with van der Waals surface area (Å²) < 4.78 is 48.9. The molecule has 7 nitrogen and oxygen atoms in total. The van der Waals surface area contributed by atoms with Crippen LogP contribution >= 0.6 is 0 Å². The Morgan fingerprint density at radius 3 is 2.12 bits per heavy atom. The molecule has 0 spiro atoms. The molecule has 1 saturated carbocycles. The number of oxazole rings is 1. The van der Waals surface area contributed by atoms with Crippen molar-refractivity contribution >= 4 is 16.8 Å². The number of nitrogens with zero attached hydrogens (tertiary/aromatic N) is 2. The van der Waals surface area contributed by atoms with Crippen molar-refractivity contribution < 1.29 is 27.1 Å². The highest BCUT2D eigenvalue weighted by Crippen LogP contribution is 2.36. The largest absolute Gasteiger partial charge is 0.494 e. The van der Waals surface area contributed by atoms with Crippen LogP contribution in [0.15, 0.2) is 34.9 Å². The molecule has 1 fully saturated rings. The van der Waals surface area contributed by atoms with Crippen LogP contribution in [0, 0.1) is 11.8 Å². The van der Waals surface area contributed by atoms with Crippen LogP contribution in [0.25, 0.3) is 22.4 Å². The van der Waals surface area contributed by atoms with Crippen molar-refractivity contribution in [3.8, 4) is 17.2 Å². The minimum absolute atomic E-state index is 0.00338. The number of halogens is 3. The van der Waals surface area contributed by atoms with Gasteiger partial charge in [0, 0.05) is 10.9 Å². The highest BCUT2D eigenvalue weighted by atomic mass is 19.4. The first-order valence-corrected chi connectivity index (χ1v) is 10.9. The van der Waals surface area contributed by atoms with E-state index in [1.807, 2.05) is 13.8 Å². The van der Waals surface area contributed by atoms with Gasteiger partial charge in [0.05, 0.1) is 7.11 Å². The fourth-order valence-electron chi connectivity index (χ4n) is 3.52. The number of ether oxygens (including phenoxy) is 1. The van der Waals surface area contributed by atoms with E-state index in [0.29, 0.717) is 17.0 Å². The number of pyridine rings is 1. The lowest BCUT2D eigenvalue weighted by atomic mass is 9.78. The lowest BCUT2D eigenvalue weighted by molar-refractivity contribution is -0.140. The summed E-state index contributed by atoms with van der Waals surface area (Å²) in [4.78, 5) is 18.7. The molecule has 0 saturated heterocycles. The van der Waals surface area contributed by atoms with Crippen LogP contribution in [0.1, 0.15) is 56.7 Å². The van der Waals surface area contributed by atoms with Crippen LogP contribution in [0.5, 0.6) is 5.75 Å². The molecule has 4 rings (SSSR count). The van der Waals surface area contributed by atoms with E-state index in [0.717, 1.165) is 24.2 Å². The molecule has 34 heavy (non-hydrogen) atoms. The van der Waals surface area contributed by atoms with E-state index in [1.165, 1.54) is 32.1 Å². The van der Waals surface area contributed by atoms with Crippen LogP contribution in [0.2, 0.25) is 0 Å². The summed E-state index contributed by atoms with van der Waals surface area (Å²) in [7, 11) is 1.33. The standard InChI is InChI=1S/C15H10F3N3O3.C6H12.C3H9N/c1-23-10-4-2-8(14-20-9(6-24-14)13(19)22)7-3-5-11(15(16,17)18)21-12(7)10;1-5-3-6(2)4-5;1-3(2)4/h2-6H,1H3,(H2,19,22);5-6H,3-4H2,1-2H3;3H,4H2,1-2H3. The highest BCUT2D eigenvalue weighted by molar-refractivity contribution is 5.97. The Morgan fingerprint density at radius 1 is 1.12 bits per heavy atom. The number of hydrogen-bond acceptors (Lipinski definition) is 6. The van der Waals surface area contributed by atoms with Crippen molar-refractivity contribution in [2.24, 2.45) is 23.3 Å². The van der Waals surface area contributed by atoms with Gasteiger partial charge in [-0.1, -0.05) is 27.7 Å². The van der Waals surface area contributed by atoms with Crippen molar-refractivity contribution in [2.75, 3.05) is 7.11 Å². The van der Waals surface area contributed by atoms with Gasteiger partial charge in [0.1, 0.15) is 23.2 Å². The number of carbonyl (C=O) groups is 1. The number of rotatable bonds is 3. The number of carbonyl (C=O) groups excluding carboxylic acids is 1. The fourth-order valence-corrected chi connectivity index (χ4v) is 3.52. The number of benzene rings is 1. The summed E-state index contributed by atoms with van der Waals surface area (Å²) in [6.45, 7) is 8.53. The van der Waals surface area contributed by atoms with Crippen LogP contribution in [0.3, 0.4) is 0 Å². The van der Waals surface area contributed by atoms with Crippen molar-refractivity contribution in [2.45, 2.75) is 52.8 Å². The summed E-state index contributed by atoms with van der Waals surface area (Å²) in [5, 5.41) is 0.334. The zero-order chi connectivity index (χ0) is 25.6. The van der Waals surface area contributed by atoms with Gasteiger partial charge in [-0.15, -0.1) is 0 Å². The highest BCUT2D eigenvalue weighted by Gasteiger charge is 2.33. The molecule has 4 N–H and O–H groups in total. The summed E-state index contributed by atoms with van der Waals surface area (Å²) in [5.41, 5.74) is 9.45. The second-order valence-corrected chi connectivity index (χ2v) is 8.73. The SMILES string of the molecule is CC(C)N.CC1CC(C)C1.COc1ccc(-c2nc(C(N)=O)co2)c2ccc(C(F)(F)F)nc12. The number of nitrogens with two attached hydrogens (primary N) is 2. The van der Waals surface area contributed by atoms with Gasteiger partial charge in [-0.25, -0.2) is 9.97 Å². The van der Waals surface area contributed by atoms with Crippen molar-refractivity contribution in [1.82, 2.24) is 9.97 Å². The summed E-state index contributed by atoms with van der Waals surface area (Å²) >= 11 is 0. The van der Waals surface area contributed by atoms with Gasteiger partial charge in [0.15, 0.2) is 5.69 Å². The molecule has 1 aliphatic rings. The smallest absolute Gasteiger partial charge is 0.433 e. The fraction of sp³-hybridized carbons (Fsp3) is 0.458. The quantitative estimate of drug-likeness (QED) is 0.517. The maximum absolute atomic E-state index is 12.9. The third-order valence-corrected chi connectivity index (χ3v) is 4.93. The van der Waals surface area contributed by atoms with Crippen molar-refractivity contribution in [3.63, 3.8) is 0 Å². The molecule has 2 heterocycles. The molecule has 1 aromatic carbocycles. The third-order valence-electron chi connectivity index (χ3n) is 4.93. The average molecular weight is 481 g/mol.